The van der Waals surface area contributed by atoms with Crippen molar-refractivity contribution in [2.75, 3.05) is 20.1 Å². The van der Waals surface area contributed by atoms with Crippen LogP contribution >= 0.6 is 0 Å². The van der Waals surface area contributed by atoms with E-state index in [1.54, 1.807) is 24.3 Å². The number of likely N-dealkylation sites (N-methyl/N-ethyl adjacent to an activating group) is 1. The number of piperazine rings is 1. The summed E-state index contributed by atoms with van der Waals surface area (Å²) in [7, 11) is 1.71. The molecule has 6 nitrogen and oxygen atoms in total. The Bertz CT molecular complexity index is 463. The van der Waals surface area contributed by atoms with Crippen LogP contribution in [0.15, 0.2) is 24.5 Å². The molecule has 1 N–H and O–H groups in total. The van der Waals surface area contributed by atoms with Crippen LogP contribution in [0.25, 0.3) is 0 Å². The van der Waals surface area contributed by atoms with E-state index in [0.29, 0.717) is 19.6 Å². The van der Waals surface area contributed by atoms with Gasteiger partial charge in [0.05, 0.1) is 6.42 Å². The lowest BCUT2D eigenvalue weighted by Crippen LogP contribution is -2.55. The van der Waals surface area contributed by atoms with Gasteiger partial charge in [-0.2, -0.15) is 0 Å². The minimum absolute atomic E-state index is 0.127. The highest BCUT2D eigenvalue weighted by atomic mass is 16.4. The fraction of sp³-hybridized carbons (Fsp3) is 0.462. The van der Waals surface area contributed by atoms with Crippen LogP contribution in [0.3, 0.4) is 0 Å². The summed E-state index contributed by atoms with van der Waals surface area (Å²) in [5.74, 6) is -1.08. The molecule has 0 radical (unpaired) electrons. The average Bonchev–Trinajstić information content (AvgIpc) is 2.39. The molecule has 1 aliphatic heterocycles. The van der Waals surface area contributed by atoms with Gasteiger partial charge in [0, 0.05) is 39.1 Å². The van der Waals surface area contributed by atoms with Crippen LogP contribution in [0.5, 0.6) is 0 Å². The predicted molar refractivity (Wildman–Crippen MR) is 68.3 cm³/mol. The highest BCUT2D eigenvalue weighted by molar-refractivity contribution is 5.86. The van der Waals surface area contributed by atoms with Crippen molar-refractivity contribution in [2.24, 2.45) is 0 Å². The van der Waals surface area contributed by atoms with Gasteiger partial charge in [0.25, 0.3) is 0 Å². The number of carbonyl (C=O) groups excluding carboxylic acids is 1. The second-order valence-electron chi connectivity index (χ2n) is 4.71. The molecule has 2 heterocycles. The molecule has 6 heteroatoms. The van der Waals surface area contributed by atoms with Crippen LogP contribution < -0.4 is 0 Å². The van der Waals surface area contributed by atoms with Crippen LogP contribution in [-0.4, -0.2) is 57.9 Å². The minimum Gasteiger partial charge on any atom is -0.481 e. The van der Waals surface area contributed by atoms with Gasteiger partial charge < -0.3 is 10.0 Å². The molecule has 0 aliphatic carbocycles. The molecule has 0 bridgehead atoms. The Morgan fingerprint density at radius 2 is 2.32 bits per heavy atom. The van der Waals surface area contributed by atoms with Gasteiger partial charge in [-0.25, -0.2) is 0 Å². The first kappa shape index (κ1) is 13.5. The maximum atomic E-state index is 12.1. The fourth-order valence-electron chi connectivity index (χ4n) is 2.25. The van der Waals surface area contributed by atoms with Crippen LogP contribution in [0.2, 0.25) is 0 Å². The molecule has 1 amide bonds. The molecule has 1 fully saturated rings. The third-order valence-electron chi connectivity index (χ3n) is 3.30. The third-order valence-corrected chi connectivity index (χ3v) is 3.30. The Labute approximate surface area is 111 Å². The zero-order chi connectivity index (χ0) is 13.8. The summed E-state index contributed by atoms with van der Waals surface area (Å²) in [6, 6.07) is 3.17. The summed E-state index contributed by atoms with van der Waals surface area (Å²) in [6.07, 6.45) is 3.26. The van der Waals surface area contributed by atoms with Crippen molar-refractivity contribution >= 4 is 11.9 Å². The SMILES string of the molecule is CN1CCN(Cc2cccnc2)C(CC(=O)O)C1=O. The van der Waals surface area contributed by atoms with Gasteiger partial charge in [0.15, 0.2) is 0 Å². The number of carbonyl (C=O) groups is 2. The topological polar surface area (TPSA) is 73.7 Å². The summed E-state index contributed by atoms with van der Waals surface area (Å²) < 4.78 is 0. The van der Waals surface area contributed by atoms with Gasteiger partial charge >= 0.3 is 5.97 Å². The zero-order valence-corrected chi connectivity index (χ0v) is 10.8. The molecule has 0 aromatic carbocycles. The maximum Gasteiger partial charge on any atom is 0.305 e. The molecule has 1 atom stereocenters. The molecule has 1 aliphatic rings. The van der Waals surface area contributed by atoms with Crippen LogP contribution in [-0.2, 0) is 16.1 Å². The largest absolute Gasteiger partial charge is 0.481 e. The van der Waals surface area contributed by atoms with E-state index in [-0.39, 0.29) is 12.3 Å². The number of carboxylic acid groups (broad SMARTS) is 1. The first-order valence-corrected chi connectivity index (χ1v) is 6.17. The number of hydrogen-bond donors (Lipinski definition) is 1. The second kappa shape index (κ2) is 5.79. The van der Waals surface area contributed by atoms with Gasteiger partial charge in [0.2, 0.25) is 5.91 Å². The maximum absolute atomic E-state index is 12.1. The number of amides is 1. The molecule has 1 saturated heterocycles. The molecule has 1 aromatic heterocycles. The standard InChI is InChI=1S/C13H17N3O3/c1-15-5-6-16(9-10-3-2-4-14-8-10)11(13(15)19)7-12(17)18/h2-4,8,11H,5-7,9H2,1H3,(H,17,18). The Morgan fingerprint density at radius 3 is 2.95 bits per heavy atom. The Kier molecular flexibility index (Phi) is 4.11. The quantitative estimate of drug-likeness (QED) is 0.840. The van der Waals surface area contributed by atoms with Crippen molar-refractivity contribution in [3.05, 3.63) is 30.1 Å². The van der Waals surface area contributed by atoms with E-state index in [4.69, 9.17) is 5.11 Å². The Balaban J connectivity index is 2.12. The van der Waals surface area contributed by atoms with E-state index in [9.17, 15) is 9.59 Å². The van der Waals surface area contributed by atoms with Gasteiger partial charge in [-0.1, -0.05) is 6.07 Å². The smallest absolute Gasteiger partial charge is 0.305 e. The van der Waals surface area contributed by atoms with E-state index in [1.807, 2.05) is 17.0 Å². The summed E-state index contributed by atoms with van der Waals surface area (Å²) >= 11 is 0. The monoisotopic (exact) mass is 263 g/mol. The molecular weight excluding hydrogens is 246 g/mol. The van der Waals surface area contributed by atoms with E-state index in [1.165, 1.54) is 0 Å². The van der Waals surface area contributed by atoms with Crippen molar-refractivity contribution < 1.29 is 14.7 Å². The minimum atomic E-state index is -0.954. The van der Waals surface area contributed by atoms with E-state index >= 15 is 0 Å². The predicted octanol–water partition coefficient (Wildman–Crippen LogP) is 0.199. The van der Waals surface area contributed by atoms with Crippen LogP contribution in [0, 0.1) is 0 Å². The second-order valence-corrected chi connectivity index (χ2v) is 4.71. The summed E-state index contributed by atoms with van der Waals surface area (Å²) in [4.78, 5) is 30.5. The van der Waals surface area contributed by atoms with E-state index < -0.39 is 12.0 Å². The number of pyridine rings is 1. The van der Waals surface area contributed by atoms with Gasteiger partial charge in [-0.05, 0) is 11.6 Å². The number of nitrogens with zero attached hydrogens (tertiary/aromatic N) is 3. The van der Waals surface area contributed by atoms with Gasteiger partial charge in [-0.15, -0.1) is 0 Å². The van der Waals surface area contributed by atoms with Crippen LogP contribution in [0.1, 0.15) is 12.0 Å². The fourth-order valence-corrected chi connectivity index (χ4v) is 2.25. The number of carboxylic acids is 1. The molecule has 2 rings (SSSR count). The number of aliphatic carboxylic acids is 1. The zero-order valence-electron chi connectivity index (χ0n) is 10.8. The molecule has 0 saturated carbocycles. The first-order valence-electron chi connectivity index (χ1n) is 6.17. The summed E-state index contributed by atoms with van der Waals surface area (Å²) in [5.41, 5.74) is 0.982. The Hall–Kier alpha value is -1.95. The normalized spacial score (nSPS) is 20.6. The molecule has 1 aromatic rings. The van der Waals surface area contributed by atoms with Gasteiger partial charge in [0.1, 0.15) is 6.04 Å². The van der Waals surface area contributed by atoms with Crippen LogP contribution in [0.4, 0.5) is 0 Å². The van der Waals surface area contributed by atoms with Crippen molar-refractivity contribution in [2.45, 2.75) is 19.0 Å². The highest BCUT2D eigenvalue weighted by Gasteiger charge is 2.34. The molecule has 102 valence electrons. The van der Waals surface area contributed by atoms with E-state index in [2.05, 4.69) is 4.98 Å². The van der Waals surface area contributed by atoms with Crippen molar-refractivity contribution in [3.8, 4) is 0 Å². The molecule has 19 heavy (non-hydrogen) atoms. The first-order chi connectivity index (χ1) is 9.08. The lowest BCUT2D eigenvalue weighted by Gasteiger charge is -2.38. The highest BCUT2D eigenvalue weighted by Crippen LogP contribution is 2.16. The van der Waals surface area contributed by atoms with E-state index in [0.717, 1.165) is 5.56 Å². The molecule has 1 unspecified atom stereocenters. The van der Waals surface area contributed by atoms with Crippen molar-refractivity contribution in [3.63, 3.8) is 0 Å². The summed E-state index contributed by atoms with van der Waals surface area (Å²) in [5, 5.41) is 8.94. The number of rotatable bonds is 4. The summed E-state index contributed by atoms with van der Waals surface area (Å²) in [6.45, 7) is 1.84. The average molecular weight is 263 g/mol. The lowest BCUT2D eigenvalue weighted by atomic mass is 10.1. The van der Waals surface area contributed by atoms with Crippen molar-refractivity contribution in [1.29, 1.82) is 0 Å². The Morgan fingerprint density at radius 1 is 1.53 bits per heavy atom. The third kappa shape index (κ3) is 3.29. The van der Waals surface area contributed by atoms with Gasteiger partial charge in [-0.3, -0.25) is 19.5 Å². The molecular formula is C13H17N3O3. The number of hydrogen-bond acceptors (Lipinski definition) is 4. The lowest BCUT2D eigenvalue weighted by molar-refractivity contribution is -0.148. The van der Waals surface area contributed by atoms with Crippen molar-refractivity contribution in [1.82, 2.24) is 14.8 Å². The number of aromatic nitrogens is 1. The molecule has 0 spiro atoms.